The summed E-state index contributed by atoms with van der Waals surface area (Å²) in [5.41, 5.74) is 13.3. The molecule has 0 bridgehead atoms. The first-order valence-electron chi connectivity index (χ1n) is 47.7. The maximum Gasteiger partial charge on any atom is 0.415 e. The molecule has 2 aliphatic heterocycles. The number of halogens is 11. The van der Waals surface area contributed by atoms with Crippen molar-refractivity contribution in [3.05, 3.63) is 327 Å². The van der Waals surface area contributed by atoms with Gasteiger partial charge in [0.25, 0.3) is 0 Å². The molecule has 8 heterocycles. The molecule has 29 nitrogen and oxygen atoms in total. The first-order valence-corrected chi connectivity index (χ1v) is 50.9. The van der Waals surface area contributed by atoms with E-state index in [9.17, 15) is 75.1 Å². The van der Waals surface area contributed by atoms with Gasteiger partial charge in [-0.2, -0.15) is 8.61 Å². The van der Waals surface area contributed by atoms with Gasteiger partial charge in [0.2, 0.25) is 42.8 Å². The summed E-state index contributed by atoms with van der Waals surface area (Å²) >= 11 is 5.09. The normalized spacial score (nSPS) is 15.8. The van der Waals surface area contributed by atoms with Gasteiger partial charge in [-0.3, -0.25) is 29.4 Å². The van der Waals surface area contributed by atoms with Gasteiger partial charge in [0.15, 0.2) is 73.8 Å². The van der Waals surface area contributed by atoms with E-state index in [0.29, 0.717) is 89.1 Å². The van der Waals surface area contributed by atoms with Gasteiger partial charge in [-0.15, -0.1) is 15.3 Å². The predicted molar refractivity (Wildman–Crippen MR) is 524 cm³/mol. The van der Waals surface area contributed by atoms with E-state index in [0.717, 1.165) is 83.5 Å². The molecule has 0 unspecified atom stereocenters. The highest BCUT2D eigenvalue weighted by Crippen LogP contribution is 2.41. The molecule has 3 aliphatic carbocycles. The third-order valence-corrected chi connectivity index (χ3v) is 30.0. The zero-order valence-corrected chi connectivity index (χ0v) is 82.4. The van der Waals surface area contributed by atoms with Gasteiger partial charge in [-0.05, 0) is 257 Å². The summed E-state index contributed by atoms with van der Waals surface area (Å²) in [5, 5.41) is 46.0. The van der Waals surface area contributed by atoms with Crippen LogP contribution < -0.4 is 15.1 Å². The Morgan fingerprint density at radius 2 is 0.712 bits per heavy atom. The summed E-state index contributed by atoms with van der Waals surface area (Å²) in [4.78, 5) is 51.4. The number of ether oxygens (including phenoxy) is 1. The quantitative estimate of drug-likeness (QED) is 0.0209. The van der Waals surface area contributed by atoms with Crippen molar-refractivity contribution in [3.63, 3.8) is 0 Å². The first-order chi connectivity index (χ1) is 70.3. The van der Waals surface area contributed by atoms with Crippen LogP contribution in [0.25, 0.3) is 34.2 Å². The van der Waals surface area contributed by atoms with Crippen LogP contribution in [0.2, 0.25) is 0 Å². The summed E-state index contributed by atoms with van der Waals surface area (Å²) in [7, 11) is -9.43. The summed E-state index contributed by atoms with van der Waals surface area (Å²) in [6.45, 7) is 7.41. The number of sulfonamides is 2. The first kappa shape index (κ1) is 106. The molecule has 3 saturated carbocycles. The largest absolute Gasteiger partial charge is 0.443 e. The van der Waals surface area contributed by atoms with Gasteiger partial charge in [-0.1, -0.05) is 167 Å². The van der Waals surface area contributed by atoms with Crippen molar-refractivity contribution in [2.24, 2.45) is 0 Å². The minimum absolute atomic E-state index is 0.0169. The highest BCUT2D eigenvalue weighted by molar-refractivity contribution is 7.89. The fourth-order valence-electron chi connectivity index (χ4n) is 18.0. The predicted octanol–water partition coefficient (Wildman–Crippen LogP) is 20.3. The summed E-state index contributed by atoms with van der Waals surface area (Å²) in [6.07, 6.45) is 23.9. The number of carbonyl (C=O) groups is 3. The number of nitrogens with zero attached hydrogens (tertiary/aromatic N) is 19. The van der Waals surface area contributed by atoms with Crippen molar-refractivity contribution in [2.75, 3.05) is 35.3 Å². The van der Waals surface area contributed by atoms with Crippen molar-refractivity contribution in [1.82, 2.24) is 84.2 Å². The molecule has 19 rings (SSSR count). The lowest BCUT2D eigenvalue weighted by atomic mass is 9.85. The van der Waals surface area contributed by atoms with E-state index < -0.39 is 123 Å². The second-order valence-corrected chi connectivity index (χ2v) is 40.7. The standard InChI is InChI=1S/C36H32F5N7O3S.C31H36N6O2.C26H28N6.C10H5ClF5NO3S.CH4O/c37-29-30(38)32(40)34(33(41)31(29)39)52(50,51)48-18-17-28(48)36(49)46(21-26-14-11-25(19-42-26)23-9-5-2-6-10-23)27-15-12-24(13-16-27)35-43-44-45-47(35)20-22-7-3-1-4-8-22;1-31(2,3)39-30(38)36(22-27-17-14-26(20-32-27)24-12-8-5-9-13-24)28-18-15-25(16-19-28)29-33-34-35-37(29)21-23-10-6-4-7-11-23;1-3-7-20(8-4-1)19-32-26(29-30-31-32)22-11-14-24(15-12-22)28-18-25-16-13-23(17-27-25)21-9-5-2-6-10-21;11-10(18)3-1-2-17(3)21(19,20)9-7(15)5(13)4(12)6(14)8(9)16;1-2/h1,3-4,7-8,11-16,19,23,28H,2,5-6,9-10,17-18,20-21H2;4,6-7,10-11,14-20,24H,5,8-9,12-13,21-22H2,1-3H3;1,3-4,7-8,11-17,21,28H,2,5-6,9-10,18-19H2;3H,1-2H2;2H,1H3/t28-;;;3-;/m1..1./s1. The number of anilines is 3. The number of nitrogens with one attached hydrogen (secondary N) is 1. The number of amides is 2. The van der Waals surface area contributed by atoms with Gasteiger partial charge in [0, 0.05) is 72.5 Å². The van der Waals surface area contributed by atoms with Crippen LogP contribution in [-0.4, -0.2) is 161 Å². The van der Waals surface area contributed by atoms with E-state index in [1.165, 1.54) is 92.2 Å². The molecule has 2 atom stereocenters. The number of benzene rings is 8. The lowest BCUT2D eigenvalue weighted by Crippen LogP contribution is -2.59. The van der Waals surface area contributed by atoms with Crippen LogP contribution in [0.3, 0.4) is 0 Å². The smallest absolute Gasteiger partial charge is 0.415 e. The Kier molecular flexibility index (Phi) is 35.2. The van der Waals surface area contributed by atoms with E-state index >= 15 is 0 Å². The number of pyridine rings is 3. The molecule has 146 heavy (non-hydrogen) atoms. The summed E-state index contributed by atoms with van der Waals surface area (Å²) in [5.74, 6) is -21.7. The van der Waals surface area contributed by atoms with Crippen LogP contribution in [0.4, 0.5) is 65.8 Å². The molecule has 0 spiro atoms. The Bertz CT molecular complexity index is 6990. The molecule has 2 amide bonds. The van der Waals surface area contributed by atoms with Crippen LogP contribution in [-0.2, 0) is 73.6 Å². The lowest BCUT2D eigenvalue weighted by Gasteiger charge is -2.41. The van der Waals surface area contributed by atoms with Crippen molar-refractivity contribution in [3.8, 4) is 34.2 Å². The van der Waals surface area contributed by atoms with E-state index in [1.54, 1.807) is 50.8 Å². The topological polar surface area (TPSA) is 343 Å². The minimum atomic E-state index is -5.34. The van der Waals surface area contributed by atoms with Crippen LogP contribution >= 0.6 is 11.6 Å². The number of hydrogen-bond donors (Lipinski definition) is 2. The zero-order valence-electron chi connectivity index (χ0n) is 80.0. The van der Waals surface area contributed by atoms with Gasteiger partial charge in [-0.25, -0.2) is 79.6 Å². The molecular weight excluding hydrogens is 1960 g/mol. The fourth-order valence-corrected chi connectivity index (χ4v) is 21.8. The summed E-state index contributed by atoms with van der Waals surface area (Å²) < 4.78 is 200. The second-order valence-electron chi connectivity index (χ2n) is 36.6. The molecule has 2 N–H and O–H groups in total. The fraction of sp³-hybridized carbons (Fsp3) is 0.337. The van der Waals surface area contributed by atoms with Gasteiger partial charge >= 0.3 is 6.09 Å². The number of rotatable bonds is 27. The van der Waals surface area contributed by atoms with Crippen LogP contribution in [0.5, 0.6) is 0 Å². The molecule has 6 aromatic heterocycles. The second kappa shape index (κ2) is 48.3. The highest BCUT2D eigenvalue weighted by atomic mass is 35.5. The van der Waals surface area contributed by atoms with E-state index in [1.807, 2.05) is 147 Å². The van der Waals surface area contributed by atoms with Crippen molar-refractivity contribution in [2.45, 2.75) is 214 Å². The molecule has 5 fully saturated rings. The molecule has 764 valence electrons. The van der Waals surface area contributed by atoms with Gasteiger partial charge in [0.05, 0.1) is 56.4 Å². The number of carbonyl (C=O) groups excluding carboxylic acids is 3. The highest BCUT2D eigenvalue weighted by Gasteiger charge is 2.50. The zero-order chi connectivity index (χ0) is 104. The molecule has 42 heteroatoms. The molecular formula is C104H105ClF10N20O9S2. The Balaban J connectivity index is 0.000000152. The maximum absolute atomic E-state index is 14.7. The average Bonchev–Trinajstić information content (AvgIpc) is 1.36. The number of aromatic nitrogens is 15. The molecule has 8 aromatic carbocycles. The lowest BCUT2D eigenvalue weighted by molar-refractivity contribution is -0.125. The number of aliphatic hydroxyl groups is 1. The van der Waals surface area contributed by atoms with Crippen molar-refractivity contribution in [1.29, 1.82) is 0 Å². The Morgan fingerprint density at radius 1 is 0.397 bits per heavy atom. The third-order valence-electron chi connectivity index (χ3n) is 25.9. The van der Waals surface area contributed by atoms with Gasteiger partial charge in [0.1, 0.15) is 17.7 Å². The van der Waals surface area contributed by atoms with Crippen LogP contribution in [0.1, 0.15) is 198 Å². The average molecular weight is 2070 g/mol. The monoisotopic (exact) mass is 2070 g/mol. The number of tetrazole rings is 3. The number of hydrogen-bond acceptors (Lipinski definition) is 22. The maximum atomic E-state index is 14.7. The molecule has 14 aromatic rings. The third kappa shape index (κ3) is 25.4. The summed E-state index contributed by atoms with van der Waals surface area (Å²) in [6, 6.07) is 61.8. The van der Waals surface area contributed by atoms with Crippen LogP contribution in [0.15, 0.2) is 229 Å². The van der Waals surface area contributed by atoms with Crippen molar-refractivity contribution < 1.29 is 85.0 Å². The Morgan fingerprint density at radius 3 is 1.03 bits per heavy atom. The van der Waals surface area contributed by atoms with Crippen molar-refractivity contribution >= 4 is 66.0 Å². The molecule has 5 aliphatic rings. The number of aliphatic hydroxyl groups excluding tert-OH is 1. The minimum Gasteiger partial charge on any atom is -0.443 e. The van der Waals surface area contributed by atoms with E-state index in [2.05, 4.69) is 123 Å². The SMILES string of the molecule is CC(C)(C)OC(=O)N(Cc1ccc(C2CCCCC2)cn1)c1ccc(-c2nnnn2Cc2ccccc2)cc1.CO.O=C(Cl)[C@H]1CCN1S(=O)(=O)c1c(F)c(F)c(F)c(F)c1F.O=C([C@H]1CCN1S(=O)(=O)c1c(F)c(F)c(F)c(F)c1F)N(Cc1ccc(C2CCCCC2)cn1)c1ccc(-c2nnnn2Cc2ccccc2)cc1.c1ccc(Cn2nnnc2-c2ccc(NCc3ccc(C4CCCCC4)cn3)cc2)cc1. The van der Waals surface area contributed by atoms with Crippen LogP contribution in [0, 0.1) is 58.2 Å². The Hall–Kier alpha value is -14.0. The molecule has 0 radical (unpaired) electrons. The van der Waals surface area contributed by atoms with E-state index in [4.69, 9.17) is 26.4 Å². The van der Waals surface area contributed by atoms with Gasteiger partial charge < -0.3 is 20.1 Å². The van der Waals surface area contributed by atoms with E-state index in [-0.39, 0.29) is 36.8 Å². The Labute approximate surface area is 841 Å². The molecule has 2 saturated heterocycles.